The largest absolute Gasteiger partial charge is 0.573 e. The molecule has 2 rings (SSSR count). The summed E-state index contributed by atoms with van der Waals surface area (Å²) in [7, 11) is 0. The summed E-state index contributed by atoms with van der Waals surface area (Å²) in [6.45, 7) is 1.89. The third kappa shape index (κ3) is 3.84. The molecule has 0 saturated heterocycles. The number of rotatable bonds is 5. The number of carbonyl (C=O) groups is 1. The minimum atomic E-state index is -4.88. The molecule has 0 amide bonds. The highest BCUT2D eigenvalue weighted by atomic mass is 19.4. The van der Waals surface area contributed by atoms with E-state index in [0.717, 1.165) is 31.0 Å². The molecule has 122 valence electrons. The van der Waals surface area contributed by atoms with Crippen molar-refractivity contribution in [2.45, 2.75) is 51.0 Å². The van der Waals surface area contributed by atoms with Crippen LogP contribution in [0.15, 0.2) is 18.2 Å². The molecule has 0 aromatic heterocycles. The number of benzene rings is 1. The van der Waals surface area contributed by atoms with Crippen LogP contribution in [-0.4, -0.2) is 17.9 Å². The Bertz CT molecular complexity index is 548. The number of carbonyl (C=O) groups excluding carboxylic acids is 1. The van der Waals surface area contributed by atoms with Crippen LogP contribution in [0.25, 0.3) is 0 Å². The van der Waals surface area contributed by atoms with Gasteiger partial charge in [-0.05, 0) is 50.3 Å². The van der Waals surface area contributed by atoms with Crippen molar-refractivity contribution in [1.82, 2.24) is 0 Å². The second-order valence-electron chi connectivity index (χ2n) is 5.34. The summed E-state index contributed by atoms with van der Waals surface area (Å²) in [4.78, 5) is 10.9. The van der Waals surface area contributed by atoms with Crippen molar-refractivity contribution in [3.05, 3.63) is 23.8 Å². The molecule has 0 heterocycles. The van der Waals surface area contributed by atoms with Gasteiger partial charge in [0, 0.05) is 5.56 Å². The van der Waals surface area contributed by atoms with Gasteiger partial charge in [-0.15, -0.1) is 13.2 Å². The van der Waals surface area contributed by atoms with Gasteiger partial charge in [0.25, 0.3) is 0 Å². The first-order valence-corrected chi connectivity index (χ1v) is 7.05. The molecule has 22 heavy (non-hydrogen) atoms. The molecular formula is C15H16F3O4-. The van der Waals surface area contributed by atoms with E-state index in [1.54, 1.807) is 0 Å². The van der Waals surface area contributed by atoms with E-state index >= 15 is 0 Å². The summed E-state index contributed by atoms with van der Waals surface area (Å²) >= 11 is 0. The molecule has 1 aliphatic carbocycles. The van der Waals surface area contributed by atoms with Crippen molar-refractivity contribution in [2.24, 2.45) is 0 Å². The Labute approximate surface area is 125 Å². The third-order valence-electron chi connectivity index (χ3n) is 3.89. The van der Waals surface area contributed by atoms with Gasteiger partial charge in [0.15, 0.2) is 11.5 Å². The van der Waals surface area contributed by atoms with Crippen LogP contribution in [0.1, 0.15) is 49.4 Å². The molecule has 0 N–H and O–H groups in total. The Morgan fingerprint density at radius 1 is 1.27 bits per heavy atom. The Morgan fingerprint density at radius 3 is 2.41 bits per heavy atom. The Hall–Kier alpha value is -1.92. The number of ether oxygens (including phenoxy) is 2. The monoisotopic (exact) mass is 317 g/mol. The molecule has 0 atom stereocenters. The van der Waals surface area contributed by atoms with Gasteiger partial charge in [-0.2, -0.15) is 0 Å². The van der Waals surface area contributed by atoms with Crippen LogP contribution in [0.3, 0.4) is 0 Å². The molecule has 4 nitrogen and oxygen atoms in total. The standard InChI is InChI=1S/C15H17F3O4/c1-2-14(7-3-4-8-14)21-12-9-10(13(19)20)5-6-11(12)22-15(16,17)18/h5-6,9H,2-4,7-8H2,1H3,(H,19,20)/p-1. The van der Waals surface area contributed by atoms with E-state index in [1.807, 2.05) is 6.92 Å². The molecule has 0 spiro atoms. The van der Waals surface area contributed by atoms with Gasteiger partial charge in [-0.1, -0.05) is 6.92 Å². The lowest BCUT2D eigenvalue weighted by Crippen LogP contribution is -2.32. The number of halogens is 3. The molecule has 7 heteroatoms. The number of carboxylic acid groups (broad SMARTS) is 1. The summed E-state index contributed by atoms with van der Waals surface area (Å²) in [6, 6.07) is 2.95. The summed E-state index contributed by atoms with van der Waals surface area (Å²) in [6.07, 6.45) is -0.994. The SMILES string of the molecule is CCC1(Oc2cc(C(=O)[O-])ccc2OC(F)(F)F)CCCC1. The fourth-order valence-electron chi connectivity index (χ4n) is 2.70. The topological polar surface area (TPSA) is 58.6 Å². The van der Waals surface area contributed by atoms with Crippen molar-refractivity contribution < 1.29 is 32.5 Å². The smallest absolute Gasteiger partial charge is 0.545 e. The maximum atomic E-state index is 12.5. The van der Waals surface area contributed by atoms with Gasteiger partial charge in [0.2, 0.25) is 0 Å². The maximum absolute atomic E-state index is 12.5. The van der Waals surface area contributed by atoms with Gasteiger partial charge in [0.1, 0.15) is 5.60 Å². The van der Waals surface area contributed by atoms with Crippen LogP contribution in [0.2, 0.25) is 0 Å². The number of alkyl halides is 3. The Kier molecular flexibility index (Phi) is 4.53. The van der Waals surface area contributed by atoms with Gasteiger partial charge >= 0.3 is 6.36 Å². The predicted octanol–water partition coefficient (Wildman–Crippen LogP) is 3.05. The van der Waals surface area contributed by atoms with Crippen LogP contribution in [0, 0.1) is 0 Å². The van der Waals surface area contributed by atoms with Crippen molar-refractivity contribution in [1.29, 1.82) is 0 Å². The molecule has 1 aromatic rings. The average molecular weight is 317 g/mol. The molecule has 0 aliphatic heterocycles. The van der Waals surface area contributed by atoms with Gasteiger partial charge < -0.3 is 19.4 Å². The number of aromatic carboxylic acids is 1. The highest BCUT2D eigenvalue weighted by molar-refractivity contribution is 5.86. The summed E-state index contributed by atoms with van der Waals surface area (Å²) in [5.74, 6) is -2.25. The summed E-state index contributed by atoms with van der Waals surface area (Å²) in [5, 5.41) is 10.9. The predicted molar refractivity (Wildman–Crippen MR) is 69.6 cm³/mol. The van der Waals surface area contributed by atoms with Crippen LogP contribution in [0.4, 0.5) is 13.2 Å². The Morgan fingerprint density at radius 2 is 1.91 bits per heavy atom. The second-order valence-corrected chi connectivity index (χ2v) is 5.34. The van der Waals surface area contributed by atoms with Crippen molar-refractivity contribution in [2.75, 3.05) is 0 Å². The normalized spacial score (nSPS) is 17.3. The lowest BCUT2D eigenvalue weighted by atomic mass is 9.98. The van der Waals surface area contributed by atoms with E-state index < -0.39 is 23.7 Å². The first kappa shape index (κ1) is 16.5. The van der Waals surface area contributed by atoms with Gasteiger partial charge in [0.05, 0.1) is 5.97 Å². The number of carboxylic acids is 1. The maximum Gasteiger partial charge on any atom is 0.573 e. The van der Waals surface area contributed by atoms with E-state index in [-0.39, 0.29) is 11.3 Å². The van der Waals surface area contributed by atoms with Crippen LogP contribution < -0.4 is 14.6 Å². The minimum Gasteiger partial charge on any atom is -0.545 e. The van der Waals surface area contributed by atoms with Crippen LogP contribution >= 0.6 is 0 Å². The van der Waals surface area contributed by atoms with E-state index in [4.69, 9.17) is 4.74 Å². The van der Waals surface area contributed by atoms with Crippen LogP contribution in [0.5, 0.6) is 11.5 Å². The zero-order valence-corrected chi connectivity index (χ0v) is 12.0. The van der Waals surface area contributed by atoms with Gasteiger partial charge in [-0.25, -0.2) is 0 Å². The van der Waals surface area contributed by atoms with Crippen molar-refractivity contribution in [3.63, 3.8) is 0 Å². The molecule has 0 radical (unpaired) electrons. The Balaban J connectivity index is 2.36. The number of hydrogen-bond acceptors (Lipinski definition) is 4. The molecule has 1 aromatic carbocycles. The molecular weight excluding hydrogens is 301 g/mol. The average Bonchev–Trinajstić information content (AvgIpc) is 2.88. The third-order valence-corrected chi connectivity index (χ3v) is 3.89. The van der Waals surface area contributed by atoms with Gasteiger partial charge in [-0.3, -0.25) is 0 Å². The molecule has 0 unspecified atom stereocenters. The lowest BCUT2D eigenvalue weighted by molar-refractivity contribution is -0.275. The molecule has 0 bridgehead atoms. The fraction of sp³-hybridized carbons (Fsp3) is 0.533. The van der Waals surface area contributed by atoms with E-state index in [1.165, 1.54) is 0 Å². The zero-order valence-electron chi connectivity index (χ0n) is 12.0. The zero-order chi connectivity index (χ0) is 16.4. The second kappa shape index (κ2) is 6.06. The van der Waals surface area contributed by atoms with E-state index in [0.29, 0.717) is 19.3 Å². The van der Waals surface area contributed by atoms with E-state index in [2.05, 4.69) is 4.74 Å². The van der Waals surface area contributed by atoms with Crippen molar-refractivity contribution in [3.8, 4) is 11.5 Å². The van der Waals surface area contributed by atoms with Crippen LogP contribution in [-0.2, 0) is 0 Å². The highest BCUT2D eigenvalue weighted by Crippen LogP contribution is 2.41. The van der Waals surface area contributed by atoms with E-state index in [9.17, 15) is 23.1 Å². The minimum absolute atomic E-state index is 0.220. The first-order valence-electron chi connectivity index (χ1n) is 7.05. The summed E-state index contributed by atoms with van der Waals surface area (Å²) < 4.78 is 47.1. The first-order chi connectivity index (χ1) is 10.2. The van der Waals surface area contributed by atoms with Crippen molar-refractivity contribution >= 4 is 5.97 Å². The molecule has 1 fully saturated rings. The fourth-order valence-corrected chi connectivity index (χ4v) is 2.70. The molecule has 1 aliphatic rings. The number of hydrogen-bond donors (Lipinski definition) is 0. The summed E-state index contributed by atoms with van der Waals surface area (Å²) in [5.41, 5.74) is -0.831. The lowest BCUT2D eigenvalue weighted by Gasteiger charge is -2.30. The molecule has 1 saturated carbocycles. The highest BCUT2D eigenvalue weighted by Gasteiger charge is 2.37. The quantitative estimate of drug-likeness (QED) is 0.837.